The molecule has 2 aromatic carbocycles. The molecule has 0 aromatic heterocycles. The Kier molecular flexibility index (Phi) is 7.48. The average molecular weight is 595 g/mol. The third kappa shape index (κ3) is 5.32. The Morgan fingerprint density at radius 1 is 1.15 bits per heavy atom. The Morgan fingerprint density at radius 2 is 1.98 bits per heavy atom. The van der Waals surface area contributed by atoms with Crippen LogP contribution in [-0.2, 0) is 26.3 Å². The molecule has 1 unspecified atom stereocenters. The van der Waals surface area contributed by atoms with Gasteiger partial charge in [0, 0.05) is 40.3 Å². The maximum absolute atomic E-state index is 13.6. The fourth-order valence-electron chi connectivity index (χ4n) is 7.10. The van der Waals surface area contributed by atoms with Gasteiger partial charge in [-0.1, -0.05) is 30.7 Å². The number of nitrogens with one attached hydrogen (secondary N) is 1. The summed E-state index contributed by atoms with van der Waals surface area (Å²) in [5, 5.41) is 0.379. The number of halogens is 1. The molecule has 1 N–H and O–H groups in total. The Bertz CT molecular complexity index is 1520. The molecule has 6 atom stereocenters. The van der Waals surface area contributed by atoms with Crippen molar-refractivity contribution in [2.45, 2.75) is 63.0 Å². The number of nitrogens with zero attached hydrogens (tertiary/aromatic N) is 1. The highest BCUT2D eigenvalue weighted by atomic mass is 35.5. The van der Waals surface area contributed by atoms with Crippen LogP contribution in [-0.4, -0.2) is 46.7 Å². The lowest BCUT2D eigenvalue weighted by Crippen LogP contribution is -2.49. The lowest BCUT2D eigenvalue weighted by atomic mass is 9.68. The number of aryl methyl sites for hydroxylation is 1. The second-order valence-corrected chi connectivity index (χ2v) is 15.4. The van der Waals surface area contributed by atoms with Crippen molar-refractivity contribution in [1.29, 1.82) is 0 Å². The summed E-state index contributed by atoms with van der Waals surface area (Å²) >= 11 is 6.39. The number of carbonyl (C=O) groups is 2. The van der Waals surface area contributed by atoms with Gasteiger partial charge in [-0.2, -0.15) is 0 Å². The molecule has 41 heavy (non-hydrogen) atoms. The third-order valence-electron chi connectivity index (χ3n) is 9.99. The fourth-order valence-corrected chi connectivity index (χ4v) is 8.77. The van der Waals surface area contributed by atoms with Crippen LogP contribution in [0.4, 0.5) is 5.69 Å². The minimum absolute atomic E-state index is 0.0172. The van der Waals surface area contributed by atoms with Gasteiger partial charge < -0.3 is 9.64 Å². The first-order valence-electron chi connectivity index (χ1n) is 14.8. The summed E-state index contributed by atoms with van der Waals surface area (Å²) < 4.78 is 22.8. The van der Waals surface area contributed by atoms with E-state index in [-0.39, 0.29) is 34.2 Å². The van der Waals surface area contributed by atoms with Crippen LogP contribution in [0.3, 0.4) is 0 Å². The molecule has 4 aliphatic rings. The number of anilines is 1. The topological polar surface area (TPSA) is 75.7 Å². The highest BCUT2D eigenvalue weighted by Gasteiger charge is 2.44. The van der Waals surface area contributed by atoms with Crippen molar-refractivity contribution in [3.05, 3.63) is 70.3 Å². The molecule has 1 saturated carbocycles. The normalized spacial score (nSPS) is 34.4. The fraction of sp³-hybridized carbons (Fsp3) is 0.485. The van der Waals surface area contributed by atoms with Crippen LogP contribution >= 0.6 is 11.6 Å². The number of allylic oxidation sites excluding steroid dienone is 2. The summed E-state index contributed by atoms with van der Waals surface area (Å²) in [5.41, 5.74) is 3.57. The molecule has 6 rings (SSSR count). The number of ether oxygens (including phenoxy) is 1. The minimum Gasteiger partial charge on any atom is -0.490 e. The van der Waals surface area contributed by atoms with Gasteiger partial charge in [-0.15, -0.1) is 0 Å². The lowest BCUT2D eigenvalue weighted by molar-refractivity contribution is -0.122. The van der Waals surface area contributed by atoms with Crippen LogP contribution in [0, 0.1) is 17.8 Å². The highest BCUT2D eigenvalue weighted by molar-refractivity contribution is 7.99. The number of hydrogen-bond donors (Lipinski definition) is 1. The van der Waals surface area contributed by atoms with E-state index in [9.17, 15) is 13.8 Å². The Labute approximate surface area is 248 Å². The van der Waals surface area contributed by atoms with Crippen LogP contribution < -0.4 is 14.4 Å². The molecule has 8 heteroatoms. The zero-order chi connectivity index (χ0) is 28.9. The molecule has 1 spiro atoms. The summed E-state index contributed by atoms with van der Waals surface area (Å²) in [6.07, 6.45) is 9.11. The van der Waals surface area contributed by atoms with Gasteiger partial charge in [0.15, 0.2) is 5.78 Å². The molecule has 2 bridgehead atoms. The van der Waals surface area contributed by atoms with E-state index in [0.717, 1.165) is 48.6 Å². The third-order valence-corrected chi connectivity index (χ3v) is 12.4. The van der Waals surface area contributed by atoms with Crippen molar-refractivity contribution in [2.75, 3.05) is 24.6 Å². The second-order valence-electron chi connectivity index (χ2n) is 12.6. The quantitative estimate of drug-likeness (QED) is 0.393. The van der Waals surface area contributed by atoms with E-state index < -0.39 is 15.6 Å². The van der Waals surface area contributed by atoms with Crippen LogP contribution in [0.2, 0.25) is 5.02 Å². The predicted molar refractivity (Wildman–Crippen MR) is 167 cm³/mol. The summed E-state index contributed by atoms with van der Waals surface area (Å²) in [4.78, 5) is 29.1. The van der Waals surface area contributed by atoms with Gasteiger partial charge in [0.05, 0.1) is 22.0 Å². The number of fused-ring (bicyclic) bond motifs is 4. The van der Waals surface area contributed by atoms with Gasteiger partial charge in [0.1, 0.15) is 5.75 Å². The first kappa shape index (κ1) is 28.4. The molecular weight excluding hydrogens is 556 g/mol. The van der Waals surface area contributed by atoms with Crippen LogP contribution in [0.5, 0.6) is 5.75 Å². The van der Waals surface area contributed by atoms with E-state index in [1.807, 2.05) is 38.1 Å². The zero-order valence-corrected chi connectivity index (χ0v) is 25.4. The molecule has 1 fully saturated rings. The van der Waals surface area contributed by atoms with Crippen molar-refractivity contribution in [3.8, 4) is 5.75 Å². The summed E-state index contributed by atoms with van der Waals surface area (Å²) in [7, 11) is -2.93. The van der Waals surface area contributed by atoms with E-state index in [2.05, 4.69) is 27.6 Å². The number of ketones is 1. The van der Waals surface area contributed by atoms with E-state index in [4.69, 9.17) is 16.3 Å². The van der Waals surface area contributed by atoms with Gasteiger partial charge in [-0.3, -0.25) is 14.3 Å². The van der Waals surface area contributed by atoms with E-state index in [1.54, 1.807) is 12.1 Å². The van der Waals surface area contributed by atoms with Crippen molar-refractivity contribution in [3.63, 3.8) is 0 Å². The van der Waals surface area contributed by atoms with Crippen molar-refractivity contribution in [1.82, 2.24) is 4.72 Å². The Hall–Kier alpha value is -2.77. The molecule has 218 valence electrons. The SMILES string of the molecule is C=S1(=O)NC(=O)c2ccc3c(c2)N(C[C@@H]2CC[C@H]2C(=O)/C=C/C[C@H](C)[C@H]1C)C[C@@]1(CCCc2cc(Cl)ccc21)CO3. The molecule has 6 nitrogen and oxygen atoms in total. The zero-order valence-electron chi connectivity index (χ0n) is 23.9. The smallest absolute Gasteiger partial charge is 0.262 e. The van der Waals surface area contributed by atoms with E-state index in [1.165, 1.54) is 11.1 Å². The predicted octanol–water partition coefficient (Wildman–Crippen LogP) is 5.75. The Morgan fingerprint density at radius 3 is 2.76 bits per heavy atom. The van der Waals surface area contributed by atoms with Crippen LogP contribution in [0.25, 0.3) is 0 Å². The molecule has 1 amide bonds. The molecule has 2 heterocycles. The monoisotopic (exact) mass is 594 g/mol. The van der Waals surface area contributed by atoms with Gasteiger partial charge in [-0.05, 0) is 111 Å². The standard InChI is InChI=1S/C33H39ClN2O4S/c1-21-6-4-8-30(37)27-12-9-25(27)18-36-19-33(15-5-7-23-16-26(34)11-13-28(23)33)20-40-31-14-10-24(17-29(31)36)32(38)35-41(3,39)22(21)2/h4,8,10-11,13-14,16-17,21-22,25,27H,3,5-7,9,12,15,18-20H2,1-2H3,(H,35,38,39)/b8-4+/t21-,22+,25-,27+,33-,41?/m0/s1. The van der Waals surface area contributed by atoms with Crippen molar-refractivity contribution < 1.29 is 18.5 Å². The lowest BCUT2D eigenvalue weighted by Gasteiger charge is -2.44. The molecule has 0 saturated heterocycles. The number of rotatable bonds is 0. The van der Waals surface area contributed by atoms with Gasteiger partial charge >= 0.3 is 0 Å². The van der Waals surface area contributed by atoms with E-state index >= 15 is 0 Å². The Balaban J connectivity index is 1.43. The number of hydrogen-bond acceptors (Lipinski definition) is 5. The van der Waals surface area contributed by atoms with E-state index in [0.29, 0.717) is 31.7 Å². The molecule has 2 aliphatic heterocycles. The van der Waals surface area contributed by atoms with Gasteiger partial charge in [-0.25, -0.2) is 4.21 Å². The molecule has 2 aromatic rings. The summed E-state index contributed by atoms with van der Waals surface area (Å²) in [5.74, 6) is 4.60. The second kappa shape index (κ2) is 10.8. The first-order chi connectivity index (χ1) is 19.6. The molecule has 0 radical (unpaired) electrons. The van der Waals surface area contributed by atoms with Crippen LogP contribution in [0.1, 0.15) is 67.4 Å². The van der Waals surface area contributed by atoms with Gasteiger partial charge in [0.25, 0.3) is 5.91 Å². The maximum atomic E-state index is 13.6. The number of benzene rings is 2. The average Bonchev–Trinajstić information content (AvgIpc) is 3.06. The highest BCUT2D eigenvalue weighted by Crippen LogP contribution is 2.46. The molecular formula is C33H39ClN2O4S. The largest absolute Gasteiger partial charge is 0.490 e. The number of carbonyl (C=O) groups excluding carboxylic acids is 2. The summed E-state index contributed by atoms with van der Waals surface area (Å²) in [6.45, 7) is 5.77. The number of amides is 1. The maximum Gasteiger partial charge on any atom is 0.262 e. The summed E-state index contributed by atoms with van der Waals surface area (Å²) in [6, 6.07) is 11.7. The van der Waals surface area contributed by atoms with Gasteiger partial charge in [0.2, 0.25) is 0 Å². The van der Waals surface area contributed by atoms with Crippen molar-refractivity contribution >= 4 is 44.6 Å². The first-order valence-corrected chi connectivity index (χ1v) is 16.9. The van der Waals surface area contributed by atoms with Crippen molar-refractivity contribution in [2.24, 2.45) is 17.8 Å². The molecule has 2 aliphatic carbocycles. The minimum atomic E-state index is -2.93. The van der Waals surface area contributed by atoms with Crippen LogP contribution in [0.15, 0.2) is 48.6 Å².